The second kappa shape index (κ2) is 4.78. The van der Waals surface area contributed by atoms with Crippen molar-refractivity contribution in [3.05, 3.63) is 35.0 Å². The first kappa shape index (κ1) is 13.4. The average molecular weight is 306 g/mol. The van der Waals surface area contributed by atoms with Gasteiger partial charge in [-0.15, -0.1) is 5.10 Å². The highest BCUT2D eigenvalue weighted by molar-refractivity contribution is 6.28. The predicted molar refractivity (Wildman–Crippen MR) is 78.1 cm³/mol. The number of hydrogen-bond acceptors (Lipinski definition) is 5. The van der Waals surface area contributed by atoms with Gasteiger partial charge < -0.3 is 15.1 Å². The Morgan fingerprint density at radius 3 is 2.76 bits per heavy atom. The molecule has 0 saturated heterocycles. The maximum absolute atomic E-state index is 12.0. The minimum atomic E-state index is -0.158. The monoisotopic (exact) mass is 305 g/mol. The van der Waals surface area contributed by atoms with E-state index < -0.39 is 0 Å². The lowest BCUT2D eigenvalue weighted by atomic mass is 10.2. The fraction of sp³-hybridized carbons (Fsp3) is 0.154. The fourth-order valence-electron chi connectivity index (χ4n) is 1.93. The summed E-state index contributed by atoms with van der Waals surface area (Å²) >= 11 is 5.74. The molecule has 0 aliphatic rings. The molecular weight excluding hydrogens is 294 g/mol. The summed E-state index contributed by atoms with van der Waals surface area (Å²) in [7, 11) is 3.34. The van der Waals surface area contributed by atoms with Crippen molar-refractivity contribution in [1.29, 1.82) is 0 Å². The molecule has 8 heteroatoms. The molecule has 3 rings (SSSR count). The van der Waals surface area contributed by atoms with Gasteiger partial charge in [0.2, 0.25) is 5.82 Å². The van der Waals surface area contributed by atoms with Crippen molar-refractivity contribution in [2.24, 2.45) is 0 Å². The molecule has 2 N–H and O–H groups in total. The molecule has 108 valence electrons. The van der Waals surface area contributed by atoms with Crippen molar-refractivity contribution >= 4 is 29.0 Å². The molecule has 0 aliphatic heterocycles. The number of aromatic nitrogens is 3. The first-order chi connectivity index (χ1) is 9.95. The molecule has 0 fully saturated rings. The third-order valence-corrected chi connectivity index (χ3v) is 3.11. The van der Waals surface area contributed by atoms with Gasteiger partial charge in [-0.1, -0.05) is 0 Å². The van der Waals surface area contributed by atoms with Gasteiger partial charge in [0.25, 0.3) is 5.91 Å². The smallest absolute Gasteiger partial charge is 0.253 e. The molecule has 1 amide bonds. The normalized spacial score (nSPS) is 11.0. The Kier molecular flexibility index (Phi) is 3.06. The van der Waals surface area contributed by atoms with Gasteiger partial charge in [0, 0.05) is 19.7 Å². The van der Waals surface area contributed by atoms with Crippen LogP contribution in [0, 0.1) is 0 Å². The number of hydrogen-bond donors (Lipinski definition) is 1. The Morgan fingerprint density at radius 2 is 2.14 bits per heavy atom. The highest BCUT2D eigenvalue weighted by atomic mass is 35.5. The number of halogens is 1. The zero-order valence-electron chi connectivity index (χ0n) is 11.4. The molecule has 21 heavy (non-hydrogen) atoms. The van der Waals surface area contributed by atoms with E-state index in [0.717, 1.165) is 0 Å². The Hall–Kier alpha value is -2.54. The molecule has 0 aliphatic carbocycles. The van der Waals surface area contributed by atoms with Gasteiger partial charge in [0.05, 0.1) is 0 Å². The second-order valence-corrected chi connectivity index (χ2v) is 5.05. The molecule has 3 aromatic heterocycles. The van der Waals surface area contributed by atoms with Crippen LogP contribution in [-0.4, -0.2) is 39.5 Å². The van der Waals surface area contributed by atoms with Crippen LogP contribution >= 0.6 is 11.6 Å². The number of fused-ring (bicyclic) bond motifs is 1. The first-order valence-electron chi connectivity index (χ1n) is 6.09. The lowest BCUT2D eigenvalue weighted by molar-refractivity contribution is 0.0827. The van der Waals surface area contributed by atoms with E-state index in [9.17, 15) is 4.79 Å². The zero-order chi connectivity index (χ0) is 15.1. The first-order valence-corrected chi connectivity index (χ1v) is 6.47. The Labute approximate surface area is 124 Å². The average Bonchev–Trinajstić information content (AvgIpc) is 3.03. The summed E-state index contributed by atoms with van der Waals surface area (Å²) in [6, 6.07) is 6.45. The summed E-state index contributed by atoms with van der Waals surface area (Å²) in [4.78, 5) is 17.8. The van der Waals surface area contributed by atoms with Crippen LogP contribution in [0.4, 0.5) is 5.82 Å². The van der Waals surface area contributed by atoms with E-state index in [2.05, 4.69) is 10.1 Å². The minimum absolute atomic E-state index is 0.158. The summed E-state index contributed by atoms with van der Waals surface area (Å²) in [5, 5.41) is 4.49. The van der Waals surface area contributed by atoms with Gasteiger partial charge >= 0.3 is 0 Å². The quantitative estimate of drug-likeness (QED) is 0.781. The van der Waals surface area contributed by atoms with Crippen LogP contribution in [0.15, 0.2) is 28.7 Å². The third-order valence-electron chi connectivity index (χ3n) is 2.91. The highest BCUT2D eigenvalue weighted by Crippen LogP contribution is 2.23. The molecule has 0 bridgehead atoms. The van der Waals surface area contributed by atoms with Crippen molar-refractivity contribution in [1.82, 2.24) is 19.5 Å². The number of carbonyl (C=O) groups excluding carboxylic acids is 1. The van der Waals surface area contributed by atoms with E-state index in [-0.39, 0.29) is 11.1 Å². The number of nitrogens with zero attached hydrogens (tertiary/aromatic N) is 4. The summed E-state index contributed by atoms with van der Waals surface area (Å²) in [6.07, 6.45) is 0. The van der Waals surface area contributed by atoms with Crippen molar-refractivity contribution < 1.29 is 9.21 Å². The summed E-state index contributed by atoms with van der Waals surface area (Å²) in [6.45, 7) is 0. The van der Waals surface area contributed by atoms with E-state index in [0.29, 0.717) is 28.6 Å². The summed E-state index contributed by atoms with van der Waals surface area (Å²) in [5.74, 6) is 0.940. The Bertz CT molecular complexity index is 836. The van der Waals surface area contributed by atoms with E-state index in [4.69, 9.17) is 21.8 Å². The van der Waals surface area contributed by atoms with Crippen molar-refractivity contribution in [2.45, 2.75) is 0 Å². The number of carbonyl (C=O) groups is 1. The van der Waals surface area contributed by atoms with Crippen molar-refractivity contribution in [3.63, 3.8) is 0 Å². The SMILES string of the molecule is CN(C)C(=O)c1cc(N)n2nc(-c3ccc(Cl)o3)nc2c1. The summed E-state index contributed by atoms with van der Waals surface area (Å²) < 4.78 is 6.71. The highest BCUT2D eigenvalue weighted by Gasteiger charge is 2.15. The number of nitrogens with two attached hydrogens (primary N) is 1. The van der Waals surface area contributed by atoms with Crippen LogP contribution < -0.4 is 5.73 Å². The number of nitrogen functional groups attached to an aromatic ring is 1. The minimum Gasteiger partial charge on any atom is -0.441 e. The van der Waals surface area contributed by atoms with Crippen LogP contribution in [-0.2, 0) is 0 Å². The van der Waals surface area contributed by atoms with Crippen molar-refractivity contribution in [2.75, 3.05) is 19.8 Å². The third kappa shape index (κ3) is 2.31. The van der Waals surface area contributed by atoms with E-state index >= 15 is 0 Å². The fourth-order valence-corrected chi connectivity index (χ4v) is 2.08. The lowest BCUT2D eigenvalue weighted by Crippen LogP contribution is -2.22. The number of anilines is 1. The maximum Gasteiger partial charge on any atom is 0.253 e. The van der Waals surface area contributed by atoms with Gasteiger partial charge in [-0.25, -0.2) is 4.98 Å². The zero-order valence-corrected chi connectivity index (χ0v) is 12.1. The molecule has 0 radical (unpaired) electrons. The molecule has 0 unspecified atom stereocenters. The predicted octanol–water partition coefficient (Wildman–Crippen LogP) is 1.93. The molecule has 0 aromatic carbocycles. The number of amides is 1. The second-order valence-electron chi connectivity index (χ2n) is 4.68. The molecule has 3 heterocycles. The molecule has 3 aromatic rings. The standard InChI is InChI=1S/C13H12ClN5O2/c1-18(2)13(20)7-5-10(15)19-11(6-7)16-12(17-19)8-3-4-9(14)21-8/h3-6H,15H2,1-2H3. The molecule has 0 saturated carbocycles. The largest absolute Gasteiger partial charge is 0.441 e. The van der Waals surface area contributed by atoms with Crippen LogP contribution in [0.1, 0.15) is 10.4 Å². The van der Waals surface area contributed by atoms with E-state index in [1.807, 2.05) is 0 Å². The number of rotatable bonds is 2. The van der Waals surface area contributed by atoms with Crippen LogP contribution in [0.25, 0.3) is 17.2 Å². The van der Waals surface area contributed by atoms with Gasteiger partial charge in [-0.3, -0.25) is 4.79 Å². The van der Waals surface area contributed by atoms with Gasteiger partial charge in [-0.05, 0) is 35.9 Å². The van der Waals surface area contributed by atoms with Gasteiger partial charge in [0.1, 0.15) is 5.82 Å². The van der Waals surface area contributed by atoms with Crippen LogP contribution in [0.5, 0.6) is 0 Å². The Morgan fingerprint density at radius 1 is 1.38 bits per heavy atom. The van der Waals surface area contributed by atoms with E-state index in [1.54, 1.807) is 38.4 Å². The number of furan rings is 1. The van der Waals surface area contributed by atoms with Gasteiger partial charge in [-0.2, -0.15) is 4.52 Å². The summed E-state index contributed by atoms with van der Waals surface area (Å²) in [5.41, 5.74) is 6.83. The molecule has 0 atom stereocenters. The Balaban J connectivity index is 2.13. The molecule has 7 nitrogen and oxygen atoms in total. The van der Waals surface area contributed by atoms with Gasteiger partial charge in [0.15, 0.2) is 16.6 Å². The maximum atomic E-state index is 12.0. The lowest BCUT2D eigenvalue weighted by Gasteiger charge is -2.10. The van der Waals surface area contributed by atoms with E-state index in [1.165, 1.54) is 9.42 Å². The van der Waals surface area contributed by atoms with Crippen LogP contribution in [0.2, 0.25) is 5.22 Å². The molecular formula is C13H12ClN5O2. The van der Waals surface area contributed by atoms with Crippen molar-refractivity contribution in [3.8, 4) is 11.6 Å². The molecule has 0 spiro atoms. The number of pyridine rings is 1. The van der Waals surface area contributed by atoms with Crippen LogP contribution in [0.3, 0.4) is 0 Å². The topological polar surface area (TPSA) is 89.7 Å².